The first-order chi connectivity index (χ1) is 13.8. The van der Waals surface area contributed by atoms with E-state index in [1.165, 1.54) is 29.3 Å². The van der Waals surface area contributed by atoms with Crippen LogP contribution < -0.4 is 10.0 Å². The summed E-state index contributed by atoms with van der Waals surface area (Å²) in [5.74, 6) is -0.267. The van der Waals surface area contributed by atoms with Crippen molar-refractivity contribution in [2.24, 2.45) is 0 Å². The normalized spacial score (nSPS) is 12.2. The van der Waals surface area contributed by atoms with Gasteiger partial charge in [-0.05, 0) is 67.8 Å². The molecule has 0 unspecified atom stereocenters. The zero-order valence-electron chi connectivity index (χ0n) is 16.6. The molecule has 0 aliphatic carbocycles. The van der Waals surface area contributed by atoms with Gasteiger partial charge in [0.2, 0.25) is 0 Å². The van der Waals surface area contributed by atoms with Crippen LogP contribution in [0.3, 0.4) is 0 Å². The van der Waals surface area contributed by atoms with E-state index in [0.717, 1.165) is 5.56 Å². The Morgan fingerprint density at radius 3 is 2.28 bits per heavy atom. The Kier molecular flexibility index (Phi) is 6.03. The first-order valence-corrected chi connectivity index (χ1v) is 10.8. The van der Waals surface area contributed by atoms with Crippen LogP contribution in [0.15, 0.2) is 77.7 Å². The molecule has 0 fully saturated rings. The van der Waals surface area contributed by atoms with Crippen LogP contribution in [0.1, 0.15) is 40.0 Å². The quantitative estimate of drug-likeness (QED) is 0.626. The van der Waals surface area contributed by atoms with Crippen LogP contribution in [0.5, 0.6) is 0 Å². The van der Waals surface area contributed by atoms with E-state index in [9.17, 15) is 13.2 Å². The molecule has 5 nitrogen and oxygen atoms in total. The highest BCUT2D eigenvalue weighted by Gasteiger charge is 2.16. The molecule has 1 amide bonds. The fraction of sp³-hybridized carbons (Fsp3) is 0.174. The van der Waals surface area contributed by atoms with Crippen LogP contribution in [-0.4, -0.2) is 14.3 Å². The third kappa shape index (κ3) is 5.03. The lowest BCUT2D eigenvalue weighted by atomic mass is 10.0. The number of hydrogen-bond acceptors (Lipinski definition) is 3. The maximum atomic E-state index is 12.7. The average molecular weight is 409 g/mol. The number of rotatable bonds is 6. The first kappa shape index (κ1) is 20.6. The number of nitrogens with one attached hydrogen (secondary N) is 2. The number of sulfonamides is 1. The Morgan fingerprint density at radius 2 is 1.59 bits per heavy atom. The number of amides is 1. The molecule has 0 radical (unpaired) electrons. The van der Waals surface area contributed by atoms with E-state index < -0.39 is 10.0 Å². The summed E-state index contributed by atoms with van der Waals surface area (Å²) in [7, 11) is -3.71. The van der Waals surface area contributed by atoms with Crippen LogP contribution in [-0.2, 0) is 10.0 Å². The lowest BCUT2D eigenvalue weighted by Gasteiger charge is -2.16. The number of benzene rings is 3. The molecule has 3 aromatic carbocycles. The zero-order valence-corrected chi connectivity index (χ0v) is 17.5. The highest BCUT2D eigenvalue weighted by Crippen LogP contribution is 2.20. The molecule has 0 saturated heterocycles. The maximum absolute atomic E-state index is 12.7. The van der Waals surface area contributed by atoms with Crippen LogP contribution in [0.25, 0.3) is 0 Å². The van der Waals surface area contributed by atoms with Gasteiger partial charge in [0.25, 0.3) is 15.9 Å². The molecule has 0 aromatic heterocycles. The third-order valence-electron chi connectivity index (χ3n) is 4.81. The van der Waals surface area contributed by atoms with Crippen molar-refractivity contribution in [2.75, 3.05) is 4.72 Å². The topological polar surface area (TPSA) is 75.3 Å². The van der Waals surface area contributed by atoms with Gasteiger partial charge in [0.15, 0.2) is 0 Å². The van der Waals surface area contributed by atoms with E-state index in [4.69, 9.17) is 0 Å². The molecule has 0 spiro atoms. The van der Waals surface area contributed by atoms with Crippen molar-refractivity contribution in [1.82, 2.24) is 5.32 Å². The van der Waals surface area contributed by atoms with Crippen molar-refractivity contribution in [3.8, 4) is 0 Å². The van der Waals surface area contributed by atoms with E-state index in [-0.39, 0.29) is 16.8 Å². The molecular formula is C23H24N2O3S. The van der Waals surface area contributed by atoms with Gasteiger partial charge in [-0.15, -0.1) is 0 Å². The molecule has 2 N–H and O–H groups in total. The van der Waals surface area contributed by atoms with Crippen molar-refractivity contribution in [2.45, 2.75) is 31.7 Å². The summed E-state index contributed by atoms with van der Waals surface area (Å²) in [6.45, 7) is 6.00. The minimum atomic E-state index is -3.71. The zero-order chi connectivity index (χ0) is 21.0. The predicted molar refractivity (Wildman–Crippen MR) is 115 cm³/mol. The molecular weight excluding hydrogens is 384 g/mol. The molecule has 1 atom stereocenters. The summed E-state index contributed by atoms with van der Waals surface area (Å²) in [5, 5.41) is 2.96. The van der Waals surface area contributed by atoms with Crippen molar-refractivity contribution < 1.29 is 13.2 Å². The summed E-state index contributed by atoms with van der Waals surface area (Å²) in [5.41, 5.74) is 4.10. The van der Waals surface area contributed by atoms with E-state index in [1.54, 1.807) is 36.4 Å². The predicted octanol–water partition coefficient (Wildman–Crippen LogP) is 4.60. The average Bonchev–Trinajstić information content (AvgIpc) is 2.70. The molecule has 0 aliphatic rings. The third-order valence-corrected chi connectivity index (χ3v) is 6.21. The van der Waals surface area contributed by atoms with E-state index in [2.05, 4.69) is 16.1 Å². The summed E-state index contributed by atoms with van der Waals surface area (Å²) < 4.78 is 27.5. The summed E-state index contributed by atoms with van der Waals surface area (Å²) in [4.78, 5) is 12.8. The van der Waals surface area contributed by atoms with E-state index in [0.29, 0.717) is 11.3 Å². The lowest BCUT2D eigenvalue weighted by Crippen LogP contribution is -2.26. The van der Waals surface area contributed by atoms with Gasteiger partial charge in [-0.3, -0.25) is 9.52 Å². The SMILES string of the molecule is Cc1ccc([C@@H](C)NC(=O)c2cccc(NS(=O)(=O)c3ccccc3)c2)cc1C. The van der Waals surface area contributed by atoms with Crippen molar-refractivity contribution in [3.05, 3.63) is 95.1 Å². The standard InChI is InChI=1S/C23H24N2O3S/c1-16-12-13-19(14-17(16)2)18(3)24-23(26)20-8-7-9-21(15-20)25-29(27,28)22-10-5-4-6-11-22/h4-15,18,25H,1-3H3,(H,24,26)/t18-/m1/s1. The summed E-state index contributed by atoms with van der Waals surface area (Å²) >= 11 is 0. The Morgan fingerprint density at radius 1 is 0.862 bits per heavy atom. The van der Waals surface area contributed by atoms with Gasteiger partial charge in [0, 0.05) is 11.3 Å². The highest BCUT2D eigenvalue weighted by atomic mass is 32.2. The Bertz CT molecular complexity index is 1130. The van der Waals surface area contributed by atoms with Crippen LogP contribution in [0.2, 0.25) is 0 Å². The smallest absolute Gasteiger partial charge is 0.261 e. The number of aryl methyl sites for hydroxylation is 2. The molecule has 3 aromatic rings. The van der Waals surface area contributed by atoms with Gasteiger partial charge in [-0.1, -0.05) is 42.5 Å². The second-order valence-electron chi connectivity index (χ2n) is 7.04. The van der Waals surface area contributed by atoms with Gasteiger partial charge in [0.1, 0.15) is 0 Å². The molecule has 0 aliphatic heterocycles. The summed E-state index contributed by atoms with van der Waals surface area (Å²) in [6.07, 6.45) is 0. The van der Waals surface area contributed by atoms with E-state index >= 15 is 0 Å². The lowest BCUT2D eigenvalue weighted by molar-refractivity contribution is 0.0940. The fourth-order valence-corrected chi connectivity index (χ4v) is 4.01. The number of anilines is 1. The van der Waals surface area contributed by atoms with Gasteiger partial charge in [-0.25, -0.2) is 8.42 Å². The number of hydrogen-bond donors (Lipinski definition) is 2. The van der Waals surface area contributed by atoms with Crippen molar-refractivity contribution in [1.29, 1.82) is 0 Å². The molecule has 6 heteroatoms. The minimum Gasteiger partial charge on any atom is -0.346 e. The molecule has 3 rings (SSSR count). The Hall–Kier alpha value is -3.12. The number of carbonyl (C=O) groups excluding carboxylic acids is 1. The van der Waals surface area contributed by atoms with Gasteiger partial charge in [0.05, 0.1) is 10.9 Å². The van der Waals surface area contributed by atoms with Gasteiger partial charge in [-0.2, -0.15) is 0 Å². The largest absolute Gasteiger partial charge is 0.346 e. The molecule has 29 heavy (non-hydrogen) atoms. The highest BCUT2D eigenvalue weighted by molar-refractivity contribution is 7.92. The van der Waals surface area contributed by atoms with Crippen molar-refractivity contribution in [3.63, 3.8) is 0 Å². The molecule has 0 saturated carbocycles. The monoisotopic (exact) mass is 408 g/mol. The number of carbonyl (C=O) groups is 1. The van der Waals surface area contributed by atoms with Gasteiger partial charge < -0.3 is 5.32 Å². The first-order valence-electron chi connectivity index (χ1n) is 9.32. The molecule has 0 bridgehead atoms. The van der Waals surface area contributed by atoms with Gasteiger partial charge >= 0.3 is 0 Å². The molecule has 150 valence electrons. The fourth-order valence-electron chi connectivity index (χ4n) is 2.93. The minimum absolute atomic E-state index is 0.165. The van der Waals surface area contributed by atoms with Crippen LogP contribution in [0.4, 0.5) is 5.69 Å². The second kappa shape index (κ2) is 8.49. The van der Waals surface area contributed by atoms with Crippen LogP contribution in [0, 0.1) is 13.8 Å². The maximum Gasteiger partial charge on any atom is 0.261 e. The van der Waals surface area contributed by atoms with E-state index in [1.807, 2.05) is 32.9 Å². The second-order valence-corrected chi connectivity index (χ2v) is 8.72. The van der Waals surface area contributed by atoms with Crippen LogP contribution >= 0.6 is 0 Å². The molecule has 0 heterocycles. The Labute approximate surface area is 171 Å². The summed E-state index contributed by atoms with van der Waals surface area (Å²) in [6, 6.07) is 20.5. The van der Waals surface area contributed by atoms with Crippen molar-refractivity contribution >= 4 is 21.6 Å². The Balaban J connectivity index is 1.75.